The summed E-state index contributed by atoms with van der Waals surface area (Å²) >= 11 is 0. The van der Waals surface area contributed by atoms with Crippen LogP contribution in [0.15, 0.2) is 24.5 Å². The Balaban J connectivity index is 1.44. The second-order valence-corrected chi connectivity index (χ2v) is 8.04. The Kier molecular flexibility index (Phi) is 4.44. The number of aromatic nitrogens is 7. The van der Waals surface area contributed by atoms with Crippen LogP contribution in [0, 0.1) is 0 Å². The minimum absolute atomic E-state index is 0.0135. The standard InChI is InChI=1S/C18H26N8/c1-18(2,3)15-4-5-16-21-22-17(26(16)23-15)14-6-10-24(11-7-14)12-13-25-19-8-9-20-25/h4-5,8-9,14H,6-7,10-13H2,1-3H3. The zero-order chi connectivity index (χ0) is 18.1. The molecule has 0 amide bonds. The van der Waals surface area contributed by atoms with Crippen LogP contribution in [0.25, 0.3) is 5.65 Å². The van der Waals surface area contributed by atoms with E-state index >= 15 is 0 Å². The highest BCUT2D eigenvalue weighted by molar-refractivity contribution is 5.37. The van der Waals surface area contributed by atoms with Crippen LogP contribution < -0.4 is 0 Å². The number of fused-ring (bicyclic) bond motifs is 1. The molecule has 1 aliphatic heterocycles. The fraction of sp³-hybridized carbons (Fsp3) is 0.611. The number of likely N-dealkylation sites (tertiary alicyclic amines) is 1. The van der Waals surface area contributed by atoms with Crippen LogP contribution in [0.2, 0.25) is 0 Å². The molecule has 0 atom stereocenters. The summed E-state index contributed by atoms with van der Waals surface area (Å²) in [5.74, 6) is 1.41. The predicted octanol–water partition coefficient (Wildman–Crippen LogP) is 1.89. The van der Waals surface area contributed by atoms with Crippen molar-refractivity contribution >= 4 is 5.65 Å². The second-order valence-electron chi connectivity index (χ2n) is 8.04. The fourth-order valence-corrected chi connectivity index (χ4v) is 3.46. The summed E-state index contributed by atoms with van der Waals surface area (Å²) in [6.07, 6.45) is 5.60. The maximum atomic E-state index is 4.83. The molecule has 0 bridgehead atoms. The van der Waals surface area contributed by atoms with Crippen molar-refractivity contribution in [3.63, 3.8) is 0 Å². The normalized spacial score (nSPS) is 17.2. The quantitative estimate of drug-likeness (QED) is 0.712. The summed E-state index contributed by atoms with van der Waals surface area (Å²) in [6, 6.07) is 4.08. The number of nitrogens with zero attached hydrogens (tertiary/aromatic N) is 8. The first-order valence-corrected chi connectivity index (χ1v) is 9.30. The zero-order valence-electron chi connectivity index (χ0n) is 15.7. The van der Waals surface area contributed by atoms with E-state index in [1.54, 1.807) is 17.2 Å². The average Bonchev–Trinajstić information content (AvgIpc) is 3.29. The van der Waals surface area contributed by atoms with Gasteiger partial charge in [-0.25, -0.2) is 0 Å². The van der Waals surface area contributed by atoms with E-state index in [-0.39, 0.29) is 5.41 Å². The molecule has 0 N–H and O–H groups in total. The molecule has 3 aromatic heterocycles. The summed E-state index contributed by atoms with van der Waals surface area (Å²) < 4.78 is 1.95. The smallest absolute Gasteiger partial charge is 0.177 e. The molecule has 0 aliphatic carbocycles. The van der Waals surface area contributed by atoms with Gasteiger partial charge in [0.05, 0.1) is 24.6 Å². The highest BCUT2D eigenvalue weighted by Crippen LogP contribution is 2.27. The van der Waals surface area contributed by atoms with Crippen molar-refractivity contribution in [1.29, 1.82) is 0 Å². The molecule has 3 aromatic rings. The highest BCUT2D eigenvalue weighted by Gasteiger charge is 2.26. The van der Waals surface area contributed by atoms with E-state index in [2.05, 4.69) is 52.1 Å². The highest BCUT2D eigenvalue weighted by atomic mass is 15.5. The number of hydrogen-bond donors (Lipinski definition) is 0. The summed E-state index contributed by atoms with van der Waals surface area (Å²) in [5, 5.41) is 21.9. The minimum atomic E-state index is 0.0135. The van der Waals surface area contributed by atoms with Gasteiger partial charge in [-0.05, 0) is 38.1 Å². The van der Waals surface area contributed by atoms with Gasteiger partial charge < -0.3 is 4.90 Å². The lowest BCUT2D eigenvalue weighted by atomic mass is 9.92. The van der Waals surface area contributed by atoms with Crippen molar-refractivity contribution in [1.82, 2.24) is 39.7 Å². The maximum absolute atomic E-state index is 4.83. The van der Waals surface area contributed by atoms with Crippen LogP contribution in [0.4, 0.5) is 0 Å². The zero-order valence-corrected chi connectivity index (χ0v) is 15.7. The van der Waals surface area contributed by atoms with Crippen LogP contribution in [-0.2, 0) is 12.0 Å². The van der Waals surface area contributed by atoms with Gasteiger partial charge in [0.15, 0.2) is 11.5 Å². The van der Waals surface area contributed by atoms with Gasteiger partial charge in [-0.1, -0.05) is 20.8 Å². The Morgan fingerprint density at radius 3 is 2.42 bits per heavy atom. The molecular weight excluding hydrogens is 328 g/mol. The summed E-state index contributed by atoms with van der Waals surface area (Å²) in [6.45, 7) is 10.5. The maximum Gasteiger partial charge on any atom is 0.177 e. The molecule has 4 rings (SSSR count). The molecule has 1 fully saturated rings. The molecule has 0 radical (unpaired) electrons. The third kappa shape index (κ3) is 3.46. The lowest BCUT2D eigenvalue weighted by molar-refractivity contribution is 0.196. The van der Waals surface area contributed by atoms with Gasteiger partial charge in [0.25, 0.3) is 0 Å². The molecule has 138 valence electrons. The third-order valence-electron chi connectivity index (χ3n) is 5.09. The van der Waals surface area contributed by atoms with Crippen molar-refractivity contribution in [2.45, 2.75) is 51.5 Å². The topological polar surface area (TPSA) is 77.0 Å². The molecular formula is C18H26N8. The molecule has 1 aliphatic rings. The molecule has 1 saturated heterocycles. The largest absolute Gasteiger partial charge is 0.301 e. The summed E-state index contributed by atoms with van der Waals surface area (Å²) in [4.78, 5) is 4.22. The summed E-state index contributed by atoms with van der Waals surface area (Å²) in [5.41, 5.74) is 1.91. The van der Waals surface area contributed by atoms with Crippen molar-refractivity contribution in [2.75, 3.05) is 19.6 Å². The van der Waals surface area contributed by atoms with E-state index in [1.165, 1.54) is 0 Å². The molecule has 0 saturated carbocycles. The number of piperidine rings is 1. The number of hydrogen-bond acceptors (Lipinski definition) is 6. The Hall–Kier alpha value is -2.35. The van der Waals surface area contributed by atoms with Crippen molar-refractivity contribution in [2.24, 2.45) is 0 Å². The van der Waals surface area contributed by atoms with Gasteiger partial charge in [-0.15, -0.1) is 10.2 Å². The van der Waals surface area contributed by atoms with Gasteiger partial charge in [0, 0.05) is 17.9 Å². The Morgan fingerprint density at radius 2 is 1.73 bits per heavy atom. The Bertz CT molecular complexity index is 853. The molecule has 0 spiro atoms. The van der Waals surface area contributed by atoms with Gasteiger partial charge in [-0.2, -0.15) is 24.6 Å². The summed E-state index contributed by atoms with van der Waals surface area (Å²) in [7, 11) is 0. The predicted molar refractivity (Wildman–Crippen MR) is 97.9 cm³/mol. The van der Waals surface area contributed by atoms with E-state index in [0.29, 0.717) is 5.92 Å². The monoisotopic (exact) mass is 354 g/mol. The first-order chi connectivity index (χ1) is 12.5. The first kappa shape index (κ1) is 17.1. The minimum Gasteiger partial charge on any atom is -0.301 e. The van der Waals surface area contributed by atoms with Crippen LogP contribution in [0.5, 0.6) is 0 Å². The van der Waals surface area contributed by atoms with Crippen LogP contribution in [-0.4, -0.2) is 59.3 Å². The SMILES string of the molecule is CC(C)(C)c1ccc2nnc(C3CCN(CCn4nccn4)CC3)n2n1. The molecule has 8 nitrogen and oxygen atoms in total. The Morgan fingerprint density at radius 1 is 1.00 bits per heavy atom. The molecule has 0 aromatic carbocycles. The fourth-order valence-electron chi connectivity index (χ4n) is 3.46. The lowest BCUT2D eigenvalue weighted by Crippen LogP contribution is -2.36. The van der Waals surface area contributed by atoms with Crippen molar-refractivity contribution < 1.29 is 0 Å². The molecule has 0 unspecified atom stereocenters. The third-order valence-corrected chi connectivity index (χ3v) is 5.09. The number of rotatable bonds is 4. The van der Waals surface area contributed by atoms with E-state index in [9.17, 15) is 0 Å². The van der Waals surface area contributed by atoms with E-state index < -0.39 is 0 Å². The lowest BCUT2D eigenvalue weighted by Gasteiger charge is -2.30. The van der Waals surface area contributed by atoms with E-state index in [1.807, 2.05) is 10.6 Å². The van der Waals surface area contributed by atoms with Crippen LogP contribution in [0.3, 0.4) is 0 Å². The van der Waals surface area contributed by atoms with Crippen LogP contribution in [0.1, 0.15) is 51.0 Å². The molecule has 8 heteroatoms. The van der Waals surface area contributed by atoms with E-state index in [4.69, 9.17) is 5.10 Å². The first-order valence-electron chi connectivity index (χ1n) is 9.30. The average molecular weight is 354 g/mol. The van der Waals surface area contributed by atoms with Gasteiger partial charge >= 0.3 is 0 Å². The molecule has 26 heavy (non-hydrogen) atoms. The van der Waals surface area contributed by atoms with Gasteiger partial charge in [0.1, 0.15) is 0 Å². The Labute approximate surface area is 153 Å². The van der Waals surface area contributed by atoms with E-state index in [0.717, 1.165) is 56.2 Å². The second kappa shape index (κ2) is 6.75. The van der Waals surface area contributed by atoms with Crippen molar-refractivity contribution in [3.8, 4) is 0 Å². The molecule has 4 heterocycles. The van der Waals surface area contributed by atoms with Crippen molar-refractivity contribution in [3.05, 3.63) is 36.0 Å². The van der Waals surface area contributed by atoms with Gasteiger partial charge in [0.2, 0.25) is 0 Å². The van der Waals surface area contributed by atoms with Crippen LogP contribution >= 0.6 is 0 Å². The van der Waals surface area contributed by atoms with Gasteiger partial charge in [-0.3, -0.25) is 0 Å².